The normalized spacial score (nSPS) is 11.9. The summed E-state index contributed by atoms with van der Waals surface area (Å²) in [5.41, 5.74) is 0.356. The molecule has 0 bridgehead atoms. The Labute approximate surface area is 77.6 Å². The van der Waals surface area contributed by atoms with E-state index in [2.05, 4.69) is 5.32 Å². The number of rotatable bonds is 4. The first-order valence-electron chi connectivity index (χ1n) is 4.19. The maximum absolute atomic E-state index is 11.2. The molecule has 0 heterocycles. The van der Waals surface area contributed by atoms with Gasteiger partial charge in [0.2, 0.25) is 5.91 Å². The van der Waals surface area contributed by atoms with E-state index in [9.17, 15) is 9.59 Å². The molecule has 0 aromatic carbocycles. The first kappa shape index (κ1) is 11.7. The van der Waals surface area contributed by atoms with Gasteiger partial charge in [-0.1, -0.05) is 6.92 Å². The van der Waals surface area contributed by atoms with E-state index in [1.807, 2.05) is 6.92 Å². The molecule has 0 saturated heterocycles. The first-order valence-corrected chi connectivity index (χ1v) is 4.19. The number of hydrogen-bond donors (Lipinski definition) is 2. The fraction of sp³-hybridized carbons (Fsp3) is 0.556. The van der Waals surface area contributed by atoms with Gasteiger partial charge in [0.15, 0.2) is 0 Å². The summed E-state index contributed by atoms with van der Waals surface area (Å²) >= 11 is 0. The Kier molecular flexibility index (Phi) is 4.80. The number of hydrogen-bond acceptors (Lipinski definition) is 2. The lowest BCUT2D eigenvalue weighted by molar-refractivity contribution is -0.133. The van der Waals surface area contributed by atoms with Crippen LogP contribution in [-0.4, -0.2) is 23.5 Å². The third-order valence-corrected chi connectivity index (χ3v) is 1.76. The molecule has 13 heavy (non-hydrogen) atoms. The Hall–Kier alpha value is -1.32. The van der Waals surface area contributed by atoms with Crippen LogP contribution >= 0.6 is 0 Å². The second kappa shape index (κ2) is 5.35. The average Bonchev–Trinajstić information content (AvgIpc) is 2.11. The van der Waals surface area contributed by atoms with Gasteiger partial charge in [0, 0.05) is 17.7 Å². The summed E-state index contributed by atoms with van der Waals surface area (Å²) in [6, 6.07) is 0. The summed E-state index contributed by atoms with van der Waals surface area (Å²) in [6.07, 6.45) is 0.838. The van der Waals surface area contributed by atoms with E-state index in [0.29, 0.717) is 6.54 Å². The smallest absolute Gasteiger partial charge is 0.331 e. The molecule has 0 unspecified atom stereocenters. The maximum atomic E-state index is 11.2. The third kappa shape index (κ3) is 3.73. The molecule has 0 aromatic rings. The van der Waals surface area contributed by atoms with Crippen molar-refractivity contribution >= 4 is 11.9 Å². The first-order chi connectivity index (χ1) is 6.00. The van der Waals surface area contributed by atoms with Crippen LogP contribution < -0.4 is 5.32 Å². The number of carbonyl (C=O) groups is 2. The topological polar surface area (TPSA) is 66.4 Å². The van der Waals surface area contributed by atoms with Crippen LogP contribution in [0.3, 0.4) is 0 Å². The zero-order chi connectivity index (χ0) is 10.4. The molecule has 0 spiro atoms. The van der Waals surface area contributed by atoms with E-state index in [1.54, 1.807) is 0 Å². The van der Waals surface area contributed by atoms with Gasteiger partial charge in [-0.25, -0.2) is 4.79 Å². The lowest BCUT2D eigenvalue weighted by Crippen LogP contribution is -2.26. The van der Waals surface area contributed by atoms with E-state index in [4.69, 9.17) is 5.11 Å². The number of carboxylic acids is 1. The van der Waals surface area contributed by atoms with E-state index in [-0.39, 0.29) is 17.1 Å². The van der Waals surface area contributed by atoms with Crippen LogP contribution in [0.2, 0.25) is 0 Å². The van der Waals surface area contributed by atoms with E-state index < -0.39 is 5.97 Å². The maximum Gasteiger partial charge on any atom is 0.331 e. The quantitative estimate of drug-likeness (QED) is 0.640. The molecule has 0 radical (unpaired) electrons. The van der Waals surface area contributed by atoms with Crippen molar-refractivity contribution < 1.29 is 14.7 Å². The van der Waals surface area contributed by atoms with Gasteiger partial charge in [0.25, 0.3) is 0 Å². The van der Waals surface area contributed by atoms with Crippen molar-refractivity contribution in [3.63, 3.8) is 0 Å². The molecule has 74 valence electrons. The molecule has 4 heteroatoms. The second-order valence-corrected chi connectivity index (χ2v) is 2.81. The summed E-state index contributed by atoms with van der Waals surface area (Å²) in [6.45, 7) is 5.43. The van der Waals surface area contributed by atoms with Crippen LogP contribution in [0.5, 0.6) is 0 Å². The Morgan fingerprint density at radius 2 is 1.77 bits per heavy atom. The molecule has 0 aliphatic carbocycles. The molecule has 0 aromatic heterocycles. The number of carboxylic acid groups (broad SMARTS) is 1. The highest BCUT2D eigenvalue weighted by Gasteiger charge is 2.11. The Morgan fingerprint density at radius 1 is 1.23 bits per heavy atom. The third-order valence-electron chi connectivity index (χ3n) is 1.76. The highest BCUT2D eigenvalue weighted by molar-refractivity contribution is 6.01. The second-order valence-electron chi connectivity index (χ2n) is 2.81. The van der Waals surface area contributed by atoms with Crippen LogP contribution in [0.4, 0.5) is 0 Å². The van der Waals surface area contributed by atoms with E-state index in [1.165, 1.54) is 13.8 Å². The van der Waals surface area contributed by atoms with E-state index in [0.717, 1.165) is 6.42 Å². The number of nitrogens with one attached hydrogen (secondary N) is 1. The number of aliphatic carboxylic acids is 1. The van der Waals surface area contributed by atoms with Gasteiger partial charge in [0.05, 0.1) is 0 Å². The van der Waals surface area contributed by atoms with Crippen LogP contribution in [0, 0.1) is 0 Å². The molecule has 0 atom stereocenters. The minimum Gasteiger partial charge on any atom is -0.478 e. The Morgan fingerprint density at radius 3 is 2.15 bits per heavy atom. The Balaban J connectivity index is 4.40. The zero-order valence-electron chi connectivity index (χ0n) is 8.18. The summed E-state index contributed by atoms with van der Waals surface area (Å²) in [7, 11) is 0. The predicted octanol–water partition coefficient (Wildman–Crippen LogP) is 0.934. The van der Waals surface area contributed by atoms with Crippen LogP contribution in [0.15, 0.2) is 11.1 Å². The minimum atomic E-state index is -1.05. The monoisotopic (exact) mass is 185 g/mol. The van der Waals surface area contributed by atoms with Gasteiger partial charge in [-0.05, 0) is 20.3 Å². The molecule has 2 N–H and O–H groups in total. The molecular formula is C9H15NO3. The lowest BCUT2D eigenvalue weighted by Gasteiger charge is -2.04. The van der Waals surface area contributed by atoms with Gasteiger partial charge in [-0.15, -0.1) is 0 Å². The largest absolute Gasteiger partial charge is 0.478 e. The number of carbonyl (C=O) groups excluding carboxylic acids is 1. The van der Waals surface area contributed by atoms with Gasteiger partial charge < -0.3 is 10.4 Å². The molecule has 0 aliphatic heterocycles. The van der Waals surface area contributed by atoms with Crippen molar-refractivity contribution in [2.75, 3.05) is 6.54 Å². The van der Waals surface area contributed by atoms with Crippen molar-refractivity contribution in [1.29, 1.82) is 0 Å². The summed E-state index contributed by atoms with van der Waals surface area (Å²) in [5, 5.41) is 11.2. The van der Waals surface area contributed by atoms with Gasteiger partial charge in [0.1, 0.15) is 0 Å². The highest BCUT2D eigenvalue weighted by atomic mass is 16.4. The molecule has 0 aliphatic rings. The molecule has 1 amide bonds. The van der Waals surface area contributed by atoms with Crippen molar-refractivity contribution in [1.82, 2.24) is 5.32 Å². The minimum absolute atomic E-state index is 0.0913. The van der Waals surface area contributed by atoms with Crippen molar-refractivity contribution in [2.24, 2.45) is 0 Å². The number of amides is 1. The van der Waals surface area contributed by atoms with Gasteiger partial charge in [-0.2, -0.15) is 0 Å². The molecule has 0 rings (SSSR count). The van der Waals surface area contributed by atoms with Crippen molar-refractivity contribution in [3.05, 3.63) is 11.1 Å². The van der Waals surface area contributed by atoms with Crippen molar-refractivity contribution in [2.45, 2.75) is 27.2 Å². The fourth-order valence-electron chi connectivity index (χ4n) is 0.702. The van der Waals surface area contributed by atoms with Gasteiger partial charge >= 0.3 is 5.97 Å². The summed E-state index contributed by atoms with van der Waals surface area (Å²) in [4.78, 5) is 21.7. The SMILES string of the molecule is CCCNC(=O)C(C)=C(C)C(=O)O. The molecular weight excluding hydrogens is 170 g/mol. The standard InChI is InChI=1S/C9H15NO3/c1-4-5-10-8(11)6(2)7(3)9(12)13/h4-5H2,1-3H3,(H,10,11)(H,12,13). The molecule has 4 nitrogen and oxygen atoms in total. The zero-order valence-corrected chi connectivity index (χ0v) is 8.18. The summed E-state index contributed by atoms with van der Waals surface area (Å²) < 4.78 is 0. The van der Waals surface area contributed by atoms with Crippen LogP contribution in [-0.2, 0) is 9.59 Å². The fourth-order valence-corrected chi connectivity index (χ4v) is 0.702. The summed E-state index contributed by atoms with van der Waals surface area (Å²) in [5.74, 6) is -1.36. The molecule has 0 saturated carbocycles. The Bertz CT molecular complexity index is 243. The average molecular weight is 185 g/mol. The van der Waals surface area contributed by atoms with Crippen LogP contribution in [0.25, 0.3) is 0 Å². The predicted molar refractivity (Wildman–Crippen MR) is 49.3 cm³/mol. The van der Waals surface area contributed by atoms with E-state index >= 15 is 0 Å². The lowest BCUT2D eigenvalue weighted by atomic mass is 10.1. The van der Waals surface area contributed by atoms with Crippen LogP contribution in [0.1, 0.15) is 27.2 Å². The van der Waals surface area contributed by atoms with Gasteiger partial charge in [-0.3, -0.25) is 4.79 Å². The van der Waals surface area contributed by atoms with Crippen molar-refractivity contribution in [3.8, 4) is 0 Å². The highest BCUT2D eigenvalue weighted by Crippen LogP contribution is 2.02. The molecule has 0 fully saturated rings.